The van der Waals surface area contributed by atoms with Crippen LogP contribution in [0.1, 0.15) is 53.4 Å². The minimum Gasteiger partial charge on any atom is -0.497 e. The van der Waals surface area contributed by atoms with Crippen LogP contribution in [0.3, 0.4) is 0 Å². The first-order valence-electron chi connectivity index (χ1n) is 11.6. The molecule has 0 bridgehead atoms. The van der Waals surface area contributed by atoms with Gasteiger partial charge in [0.2, 0.25) is 0 Å². The zero-order valence-corrected chi connectivity index (χ0v) is 19.8. The Kier molecular flexibility index (Phi) is 6.35. The largest absolute Gasteiger partial charge is 0.497 e. The number of aromatic nitrogens is 1. The average molecular weight is 442 g/mol. The van der Waals surface area contributed by atoms with Crippen LogP contribution >= 0.6 is 0 Å². The van der Waals surface area contributed by atoms with Gasteiger partial charge in [-0.15, -0.1) is 0 Å². The Morgan fingerprint density at radius 1 is 1.25 bits per heavy atom. The molecule has 1 aliphatic carbocycles. The number of carbonyl (C=O) groups is 1. The highest BCUT2D eigenvalue weighted by molar-refractivity contribution is 5.96. The van der Waals surface area contributed by atoms with Crippen molar-refractivity contribution in [3.05, 3.63) is 24.4 Å². The van der Waals surface area contributed by atoms with Crippen molar-refractivity contribution in [3.8, 4) is 11.5 Å². The minimum atomic E-state index is -0.470. The van der Waals surface area contributed by atoms with Gasteiger partial charge in [0.25, 0.3) is 0 Å². The van der Waals surface area contributed by atoms with Crippen LogP contribution in [0.15, 0.2) is 24.4 Å². The summed E-state index contributed by atoms with van der Waals surface area (Å²) in [6, 6.07) is 6.18. The van der Waals surface area contributed by atoms with Gasteiger partial charge in [-0.1, -0.05) is 0 Å². The number of pyridine rings is 1. The van der Waals surface area contributed by atoms with Gasteiger partial charge < -0.3 is 24.4 Å². The maximum atomic E-state index is 12.1. The normalized spacial score (nSPS) is 23.3. The van der Waals surface area contributed by atoms with Gasteiger partial charge in [0.1, 0.15) is 17.5 Å². The lowest BCUT2D eigenvalue weighted by atomic mass is 9.85. The van der Waals surface area contributed by atoms with Crippen molar-refractivity contribution in [3.63, 3.8) is 0 Å². The van der Waals surface area contributed by atoms with Gasteiger partial charge in [-0.3, -0.25) is 4.98 Å². The number of ether oxygens (including phenoxy) is 3. The summed E-state index contributed by atoms with van der Waals surface area (Å²) in [5.74, 6) is 2.23. The summed E-state index contributed by atoms with van der Waals surface area (Å²) >= 11 is 0. The fourth-order valence-electron chi connectivity index (χ4n) is 4.78. The van der Waals surface area contributed by atoms with E-state index in [1.807, 2.05) is 39.1 Å². The van der Waals surface area contributed by atoms with Crippen molar-refractivity contribution in [1.29, 1.82) is 0 Å². The molecule has 1 aromatic carbocycles. The number of methoxy groups -OCH3 is 1. The van der Waals surface area contributed by atoms with E-state index in [2.05, 4.69) is 28.2 Å². The van der Waals surface area contributed by atoms with Crippen LogP contribution in [0.5, 0.6) is 11.5 Å². The van der Waals surface area contributed by atoms with Crippen LogP contribution < -0.4 is 19.7 Å². The van der Waals surface area contributed by atoms with Gasteiger partial charge in [-0.2, -0.15) is 0 Å². The van der Waals surface area contributed by atoms with Crippen LogP contribution in [-0.4, -0.2) is 49.0 Å². The molecule has 1 saturated carbocycles. The Labute approximate surface area is 190 Å². The Morgan fingerprint density at radius 2 is 2.00 bits per heavy atom. The summed E-state index contributed by atoms with van der Waals surface area (Å²) in [7, 11) is 1.68. The number of hydrogen-bond acceptors (Lipinski definition) is 6. The van der Waals surface area contributed by atoms with E-state index < -0.39 is 5.60 Å². The van der Waals surface area contributed by atoms with E-state index >= 15 is 0 Å². The third-order valence-electron chi connectivity index (χ3n) is 6.18. The highest BCUT2D eigenvalue weighted by Crippen LogP contribution is 2.41. The minimum absolute atomic E-state index is 0.109. The molecule has 1 N–H and O–H groups in total. The van der Waals surface area contributed by atoms with Crippen molar-refractivity contribution < 1.29 is 19.0 Å². The number of hydrogen-bond donors (Lipinski definition) is 1. The predicted octanol–water partition coefficient (Wildman–Crippen LogP) is 4.91. The van der Waals surface area contributed by atoms with E-state index in [0.29, 0.717) is 5.92 Å². The van der Waals surface area contributed by atoms with Crippen molar-refractivity contribution >= 4 is 22.7 Å². The summed E-state index contributed by atoms with van der Waals surface area (Å²) in [6.45, 7) is 9.58. The molecule has 174 valence electrons. The second-order valence-corrected chi connectivity index (χ2v) is 10.1. The van der Waals surface area contributed by atoms with Crippen LogP contribution in [0, 0.1) is 5.92 Å². The highest BCUT2D eigenvalue weighted by Gasteiger charge is 2.30. The molecule has 0 radical (unpaired) electrons. The van der Waals surface area contributed by atoms with Gasteiger partial charge in [0.05, 0.1) is 31.1 Å². The number of rotatable bonds is 4. The van der Waals surface area contributed by atoms with E-state index in [1.165, 1.54) is 0 Å². The summed E-state index contributed by atoms with van der Waals surface area (Å²) in [4.78, 5) is 19.2. The van der Waals surface area contributed by atoms with Crippen LogP contribution in [0.2, 0.25) is 0 Å². The zero-order valence-electron chi connectivity index (χ0n) is 19.8. The highest BCUT2D eigenvalue weighted by atomic mass is 16.6. The van der Waals surface area contributed by atoms with Gasteiger partial charge in [-0.25, -0.2) is 4.79 Å². The lowest BCUT2D eigenvalue weighted by Crippen LogP contribution is -2.44. The van der Waals surface area contributed by atoms with Crippen molar-refractivity contribution in [2.24, 2.45) is 5.92 Å². The van der Waals surface area contributed by atoms with E-state index in [0.717, 1.165) is 66.9 Å². The molecule has 2 heterocycles. The molecule has 1 aliphatic heterocycles. The first kappa shape index (κ1) is 22.5. The van der Waals surface area contributed by atoms with E-state index in [1.54, 1.807) is 7.11 Å². The number of nitrogens with one attached hydrogen (secondary N) is 1. The fourth-order valence-corrected chi connectivity index (χ4v) is 4.78. The zero-order chi connectivity index (χ0) is 22.9. The summed E-state index contributed by atoms with van der Waals surface area (Å²) in [5, 5.41) is 4.11. The van der Waals surface area contributed by atoms with Gasteiger partial charge in [0.15, 0.2) is 5.75 Å². The van der Waals surface area contributed by atoms with Crippen molar-refractivity contribution in [2.45, 2.75) is 71.1 Å². The number of carbonyl (C=O) groups excluding carboxylic acids is 1. The molecular weight excluding hydrogens is 406 g/mol. The third-order valence-corrected chi connectivity index (χ3v) is 6.18. The topological polar surface area (TPSA) is 72.9 Å². The predicted molar refractivity (Wildman–Crippen MR) is 126 cm³/mol. The Hall–Kier alpha value is -2.70. The average Bonchev–Trinajstić information content (AvgIpc) is 2.72. The fraction of sp³-hybridized carbons (Fsp3) is 0.600. The lowest BCUT2D eigenvalue weighted by Gasteiger charge is -2.39. The van der Waals surface area contributed by atoms with E-state index in [-0.39, 0.29) is 18.2 Å². The molecule has 7 heteroatoms. The summed E-state index contributed by atoms with van der Waals surface area (Å²) in [5.41, 5.74) is 1.58. The SMILES string of the molecule is COc1ccc2ncc3c(c2c1)N(CC1CCC(NC(=O)OC(C)(C)C)CC1)CC(C)O3. The smallest absolute Gasteiger partial charge is 0.407 e. The molecule has 2 aliphatic rings. The molecule has 1 fully saturated rings. The van der Waals surface area contributed by atoms with Gasteiger partial charge in [0, 0.05) is 18.0 Å². The molecule has 1 aromatic heterocycles. The maximum Gasteiger partial charge on any atom is 0.407 e. The third kappa shape index (κ3) is 5.19. The number of nitrogens with zero attached hydrogens (tertiary/aromatic N) is 2. The van der Waals surface area contributed by atoms with Crippen LogP contribution in [0.25, 0.3) is 10.9 Å². The molecule has 1 unspecified atom stereocenters. The Morgan fingerprint density at radius 3 is 2.69 bits per heavy atom. The number of fused-ring (bicyclic) bond motifs is 3. The number of anilines is 1. The maximum absolute atomic E-state index is 12.1. The van der Waals surface area contributed by atoms with Crippen molar-refractivity contribution in [1.82, 2.24) is 10.3 Å². The summed E-state index contributed by atoms with van der Waals surface area (Å²) in [6.07, 6.45) is 5.74. The second kappa shape index (κ2) is 9.04. The first-order valence-corrected chi connectivity index (χ1v) is 11.6. The number of alkyl carbamates (subject to hydrolysis) is 1. The van der Waals surface area contributed by atoms with Crippen LogP contribution in [0.4, 0.5) is 10.5 Å². The van der Waals surface area contributed by atoms with Crippen molar-refractivity contribution in [2.75, 3.05) is 25.1 Å². The standard InChI is InChI=1S/C25H35N3O4/c1-16-14-28(15-17-6-8-18(9-7-17)27-24(29)32-25(2,3)4)23-20-12-19(30-5)10-11-21(20)26-13-22(23)31-16/h10-13,16-18H,6-9,14-15H2,1-5H3,(H,27,29). The number of amides is 1. The van der Waals surface area contributed by atoms with Gasteiger partial charge in [-0.05, 0) is 77.5 Å². The van der Waals surface area contributed by atoms with E-state index in [9.17, 15) is 4.79 Å². The van der Waals surface area contributed by atoms with E-state index in [4.69, 9.17) is 14.2 Å². The van der Waals surface area contributed by atoms with Gasteiger partial charge >= 0.3 is 6.09 Å². The molecule has 2 aromatic rings. The Bertz CT molecular complexity index is 964. The quantitative estimate of drug-likeness (QED) is 0.726. The molecule has 0 saturated heterocycles. The lowest BCUT2D eigenvalue weighted by molar-refractivity contribution is 0.0487. The van der Waals surface area contributed by atoms with Crippen LogP contribution in [-0.2, 0) is 4.74 Å². The molecule has 4 rings (SSSR count). The molecular formula is C25H35N3O4. The summed E-state index contributed by atoms with van der Waals surface area (Å²) < 4.78 is 17.0. The second-order valence-electron chi connectivity index (χ2n) is 10.1. The molecule has 32 heavy (non-hydrogen) atoms. The first-order chi connectivity index (χ1) is 15.2. The Balaban J connectivity index is 1.45. The number of benzene rings is 1. The molecule has 1 amide bonds. The molecule has 0 spiro atoms. The molecule has 1 atom stereocenters. The molecule has 7 nitrogen and oxygen atoms in total. The monoisotopic (exact) mass is 441 g/mol.